The van der Waals surface area contributed by atoms with E-state index in [0.717, 1.165) is 6.07 Å². The first-order valence-corrected chi connectivity index (χ1v) is 8.15. The summed E-state index contributed by atoms with van der Waals surface area (Å²) in [5.74, 6) is -3.73. The van der Waals surface area contributed by atoms with Gasteiger partial charge < -0.3 is 15.4 Å². The molecule has 134 valence electrons. The number of esters is 1. The van der Waals surface area contributed by atoms with Gasteiger partial charge in [-0.15, -0.1) is 0 Å². The number of thiocarbonyl (C=S) groups is 1. The highest BCUT2D eigenvalue weighted by Gasteiger charge is 2.37. The maximum absolute atomic E-state index is 14.3. The number of Topliss-reactive ketones (excluding diaryl/α,β-unsaturated/α-hetero) is 1. The van der Waals surface area contributed by atoms with Gasteiger partial charge >= 0.3 is 5.97 Å². The molecule has 0 amide bonds. The summed E-state index contributed by atoms with van der Waals surface area (Å²) in [4.78, 5) is 24.6. The van der Waals surface area contributed by atoms with Crippen LogP contribution in [0.1, 0.15) is 32.4 Å². The Kier molecular flexibility index (Phi) is 5.84. The molecule has 1 aromatic rings. The Morgan fingerprint density at radius 3 is 2.56 bits per heavy atom. The van der Waals surface area contributed by atoms with Crippen molar-refractivity contribution < 1.29 is 23.1 Å². The summed E-state index contributed by atoms with van der Waals surface area (Å²) in [6, 6.07) is 1.98. The number of hydrogen-bond donors (Lipinski definition) is 2. The first-order valence-electron chi connectivity index (χ1n) is 7.74. The highest BCUT2D eigenvalue weighted by Crippen LogP contribution is 2.32. The fraction of sp³-hybridized carbons (Fsp3) is 0.353. The molecular weight excluding hydrogens is 350 g/mol. The smallest absolute Gasteiger partial charge is 0.379 e. The SMILES string of the molecule is CCOC(=O)C(=O)C1=C(C(C)C)NC(=S)N[C@H]1c1ccc(F)cc1F. The van der Waals surface area contributed by atoms with Gasteiger partial charge in [0.15, 0.2) is 5.11 Å². The van der Waals surface area contributed by atoms with E-state index in [1.165, 1.54) is 6.07 Å². The summed E-state index contributed by atoms with van der Waals surface area (Å²) in [6.07, 6.45) is 0. The summed E-state index contributed by atoms with van der Waals surface area (Å²) in [5.41, 5.74) is 0.416. The van der Waals surface area contributed by atoms with Crippen molar-refractivity contribution in [2.45, 2.75) is 26.8 Å². The monoisotopic (exact) mass is 368 g/mol. The zero-order valence-corrected chi connectivity index (χ0v) is 14.8. The Bertz CT molecular complexity index is 762. The predicted molar refractivity (Wildman–Crippen MR) is 91.5 cm³/mol. The van der Waals surface area contributed by atoms with Gasteiger partial charge in [-0.2, -0.15) is 0 Å². The molecule has 0 fully saturated rings. The Balaban J connectivity index is 2.61. The molecule has 0 saturated heterocycles. The van der Waals surface area contributed by atoms with E-state index in [4.69, 9.17) is 17.0 Å². The summed E-state index contributed by atoms with van der Waals surface area (Å²) < 4.78 is 32.3. The second-order valence-corrected chi connectivity index (χ2v) is 6.14. The fourth-order valence-corrected chi connectivity index (χ4v) is 2.80. The van der Waals surface area contributed by atoms with E-state index in [-0.39, 0.29) is 28.8 Å². The van der Waals surface area contributed by atoms with Gasteiger partial charge in [0.05, 0.1) is 18.2 Å². The lowest BCUT2D eigenvalue weighted by Gasteiger charge is -2.32. The number of ether oxygens (including phenoxy) is 1. The third kappa shape index (κ3) is 4.01. The van der Waals surface area contributed by atoms with Crippen LogP contribution in [0.25, 0.3) is 0 Å². The lowest BCUT2D eigenvalue weighted by molar-refractivity contribution is -0.152. The van der Waals surface area contributed by atoms with Gasteiger partial charge in [0.2, 0.25) is 0 Å². The van der Waals surface area contributed by atoms with E-state index in [2.05, 4.69) is 10.6 Å². The van der Waals surface area contributed by atoms with Crippen LogP contribution in [-0.4, -0.2) is 23.5 Å². The zero-order chi connectivity index (χ0) is 18.7. The van der Waals surface area contributed by atoms with Crippen LogP contribution in [0.3, 0.4) is 0 Å². The summed E-state index contributed by atoms with van der Waals surface area (Å²) >= 11 is 5.12. The number of allylic oxidation sites excluding steroid dienone is 1. The van der Waals surface area contributed by atoms with E-state index in [9.17, 15) is 18.4 Å². The molecule has 1 aliphatic rings. The minimum Gasteiger partial charge on any atom is -0.460 e. The Hall–Kier alpha value is -2.35. The van der Waals surface area contributed by atoms with Crippen LogP contribution in [0.5, 0.6) is 0 Å². The summed E-state index contributed by atoms with van der Waals surface area (Å²) in [7, 11) is 0. The second-order valence-electron chi connectivity index (χ2n) is 5.73. The molecule has 25 heavy (non-hydrogen) atoms. The van der Waals surface area contributed by atoms with Crippen LogP contribution < -0.4 is 10.6 Å². The Morgan fingerprint density at radius 2 is 2.00 bits per heavy atom. The van der Waals surface area contributed by atoms with E-state index in [1.54, 1.807) is 20.8 Å². The number of rotatable bonds is 5. The van der Waals surface area contributed by atoms with Gasteiger partial charge in [-0.05, 0) is 31.1 Å². The minimum atomic E-state index is -1.04. The lowest BCUT2D eigenvalue weighted by atomic mass is 9.88. The van der Waals surface area contributed by atoms with Crippen LogP contribution in [0, 0.1) is 17.6 Å². The van der Waals surface area contributed by atoms with Gasteiger partial charge in [0.25, 0.3) is 5.78 Å². The molecule has 0 radical (unpaired) electrons. The standard InChI is InChI=1S/C17H18F2N2O3S/c1-4-24-16(23)15(22)12-13(8(2)3)20-17(25)21-14(12)10-6-5-9(18)7-11(10)19/h5-8,14H,4H2,1-3H3,(H2,20,21,25)/t14-/m0/s1. The van der Waals surface area contributed by atoms with Crippen LogP contribution in [0.2, 0.25) is 0 Å². The van der Waals surface area contributed by atoms with E-state index >= 15 is 0 Å². The quantitative estimate of drug-likeness (QED) is 0.473. The van der Waals surface area contributed by atoms with Gasteiger partial charge in [-0.3, -0.25) is 4.79 Å². The number of nitrogens with one attached hydrogen (secondary N) is 2. The van der Waals surface area contributed by atoms with Gasteiger partial charge in [0, 0.05) is 17.3 Å². The topological polar surface area (TPSA) is 67.4 Å². The van der Waals surface area contributed by atoms with Crippen molar-refractivity contribution in [2.24, 2.45) is 5.92 Å². The summed E-state index contributed by atoms with van der Waals surface area (Å²) in [5, 5.41) is 5.80. The van der Waals surface area contributed by atoms with Gasteiger partial charge in [-0.25, -0.2) is 13.6 Å². The molecule has 0 aromatic heterocycles. The largest absolute Gasteiger partial charge is 0.460 e. The number of halogens is 2. The molecule has 8 heteroatoms. The molecule has 0 bridgehead atoms. The van der Waals surface area contributed by atoms with Crippen molar-refractivity contribution in [3.8, 4) is 0 Å². The molecule has 1 aromatic carbocycles. The molecule has 1 atom stereocenters. The molecule has 2 rings (SSSR count). The first-order chi connectivity index (χ1) is 11.8. The second kappa shape index (κ2) is 7.69. The Morgan fingerprint density at radius 1 is 1.32 bits per heavy atom. The molecule has 1 heterocycles. The number of carbonyl (C=O) groups excluding carboxylic acids is 2. The van der Waals surface area contributed by atoms with Crippen molar-refractivity contribution in [1.29, 1.82) is 0 Å². The normalized spacial score (nSPS) is 17.2. The predicted octanol–water partition coefficient (Wildman–Crippen LogP) is 2.53. The van der Waals surface area contributed by atoms with Crippen molar-refractivity contribution in [3.05, 3.63) is 46.7 Å². The Labute approximate surface area is 149 Å². The van der Waals surface area contributed by atoms with Crippen LogP contribution in [-0.2, 0) is 14.3 Å². The van der Waals surface area contributed by atoms with Crippen molar-refractivity contribution in [1.82, 2.24) is 10.6 Å². The van der Waals surface area contributed by atoms with Crippen LogP contribution in [0.15, 0.2) is 29.5 Å². The highest BCUT2D eigenvalue weighted by molar-refractivity contribution is 7.80. The number of benzene rings is 1. The fourth-order valence-electron chi connectivity index (χ4n) is 2.57. The maximum atomic E-state index is 14.3. The van der Waals surface area contributed by atoms with E-state index in [0.29, 0.717) is 11.8 Å². The molecule has 5 nitrogen and oxygen atoms in total. The zero-order valence-electron chi connectivity index (χ0n) is 14.0. The minimum absolute atomic E-state index is 0.00700. The maximum Gasteiger partial charge on any atom is 0.379 e. The van der Waals surface area contributed by atoms with Gasteiger partial charge in [0.1, 0.15) is 11.6 Å². The van der Waals surface area contributed by atoms with Gasteiger partial charge in [-0.1, -0.05) is 19.9 Å². The number of ketones is 1. The third-order valence-electron chi connectivity index (χ3n) is 3.66. The lowest BCUT2D eigenvalue weighted by Crippen LogP contribution is -2.48. The van der Waals surface area contributed by atoms with E-state index in [1.807, 2.05) is 0 Å². The molecule has 0 aliphatic carbocycles. The number of hydrogen-bond acceptors (Lipinski definition) is 4. The van der Waals surface area contributed by atoms with Crippen LogP contribution in [0.4, 0.5) is 8.78 Å². The van der Waals surface area contributed by atoms with Crippen LogP contribution >= 0.6 is 12.2 Å². The summed E-state index contributed by atoms with van der Waals surface area (Å²) in [6.45, 7) is 5.20. The molecule has 2 N–H and O–H groups in total. The third-order valence-corrected chi connectivity index (χ3v) is 3.88. The van der Waals surface area contributed by atoms with Crippen molar-refractivity contribution in [3.63, 3.8) is 0 Å². The molecular formula is C17H18F2N2O3S. The highest BCUT2D eigenvalue weighted by atomic mass is 32.1. The van der Waals surface area contributed by atoms with E-state index < -0.39 is 29.4 Å². The molecule has 0 unspecified atom stereocenters. The molecule has 0 saturated carbocycles. The molecule has 0 spiro atoms. The van der Waals surface area contributed by atoms with Crippen molar-refractivity contribution >= 4 is 29.1 Å². The number of carbonyl (C=O) groups is 2. The average molecular weight is 368 g/mol. The average Bonchev–Trinajstić information content (AvgIpc) is 2.53. The van der Waals surface area contributed by atoms with Crippen molar-refractivity contribution in [2.75, 3.05) is 6.61 Å². The molecule has 1 aliphatic heterocycles. The first kappa shape index (κ1) is 19.0.